The first-order valence-electron chi connectivity index (χ1n) is 10.0. The minimum absolute atomic E-state index is 0.0850. The molecule has 1 heterocycles. The maximum Gasteiger partial charge on any atom is 0.244 e. The molecule has 0 fully saturated rings. The molecule has 2 amide bonds. The van der Waals surface area contributed by atoms with Gasteiger partial charge in [0.1, 0.15) is 0 Å². The zero-order valence-electron chi connectivity index (χ0n) is 17.7. The fraction of sp³-hybridized carbons (Fsp3) is 0.292. The van der Waals surface area contributed by atoms with Crippen LogP contribution in [0.25, 0.3) is 10.9 Å². The predicted molar refractivity (Wildman–Crippen MR) is 120 cm³/mol. The number of rotatable bonds is 7. The second kappa shape index (κ2) is 8.95. The van der Waals surface area contributed by atoms with Gasteiger partial charge in [0, 0.05) is 35.6 Å². The number of hydrogen-bond donors (Lipinski definition) is 2. The molecular formula is C24H28N4O2. The van der Waals surface area contributed by atoms with Gasteiger partial charge >= 0.3 is 0 Å². The molecule has 1 aromatic heterocycles. The molecule has 6 nitrogen and oxygen atoms in total. The van der Waals surface area contributed by atoms with Crippen LogP contribution in [0.4, 0.5) is 0 Å². The third kappa shape index (κ3) is 5.35. The molecule has 3 N–H and O–H groups in total. The molecule has 156 valence electrons. The van der Waals surface area contributed by atoms with Crippen LogP contribution in [0, 0.1) is 0 Å². The van der Waals surface area contributed by atoms with Gasteiger partial charge in [-0.25, -0.2) is 5.43 Å². The van der Waals surface area contributed by atoms with Gasteiger partial charge in [0.05, 0.1) is 12.6 Å². The number of hydrazone groups is 1. The molecule has 0 atom stereocenters. The number of hydrogen-bond acceptors (Lipinski definition) is 3. The van der Waals surface area contributed by atoms with Crippen LogP contribution in [0.1, 0.15) is 43.9 Å². The Hall–Kier alpha value is -3.41. The molecule has 0 aliphatic carbocycles. The van der Waals surface area contributed by atoms with E-state index in [1.807, 2.05) is 47.2 Å². The highest BCUT2D eigenvalue weighted by molar-refractivity contribution is 5.99. The van der Waals surface area contributed by atoms with Crippen molar-refractivity contribution in [3.63, 3.8) is 0 Å². The summed E-state index contributed by atoms with van der Waals surface area (Å²) in [6, 6.07) is 15.9. The van der Waals surface area contributed by atoms with E-state index in [4.69, 9.17) is 5.73 Å². The molecule has 0 unspecified atom stereocenters. The van der Waals surface area contributed by atoms with Crippen molar-refractivity contribution in [3.05, 3.63) is 71.4 Å². The lowest BCUT2D eigenvalue weighted by Gasteiger charge is -2.19. The maximum absolute atomic E-state index is 12.2. The van der Waals surface area contributed by atoms with Gasteiger partial charge in [-0.2, -0.15) is 5.10 Å². The summed E-state index contributed by atoms with van der Waals surface area (Å²) < 4.78 is 1.97. The minimum Gasteiger partial charge on any atom is -0.370 e. The summed E-state index contributed by atoms with van der Waals surface area (Å²) in [4.78, 5) is 23.4. The zero-order valence-corrected chi connectivity index (χ0v) is 17.7. The van der Waals surface area contributed by atoms with Gasteiger partial charge in [0.25, 0.3) is 0 Å². The van der Waals surface area contributed by atoms with Crippen LogP contribution in [0.3, 0.4) is 0 Å². The van der Waals surface area contributed by atoms with E-state index in [-0.39, 0.29) is 30.1 Å². The molecule has 0 aliphatic rings. The average Bonchev–Trinajstić information content (AvgIpc) is 3.04. The topological polar surface area (TPSA) is 89.5 Å². The summed E-state index contributed by atoms with van der Waals surface area (Å²) in [6.45, 7) is 6.98. The first-order valence-corrected chi connectivity index (χ1v) is 10.0. The largest absolute Gasteiger partial charge is 0.370 e. The first kappa shape index (κ1) is 21.3. The van der Waals surface area contributed by atoms with Gasteiger partial charge < -0.3 is 10.3 Å². The fourth-order valence-electron chi connectivity index (χ4n) is 3.32. The minimum atomic E-state index is -0.342. The van der Waals surface area contributed by atoms with E-state index < -0.39 is 0 Å². The van der Waals surface area contributed by atoms with E-state index in [1.165, 1.54) is 5.56 Å². The van der Waals surface area contributed by atoms with Crippen molar-refractivity contribution in [3.8, 4) is 0 Å². The summed E-state index contributed by atoms with van der Waals surface area (Å²) >= 11 is 0. The lowest BCUT2D eigenvalue weighted by molar-refractivity contribution is -0.120. The van der Waals surface area contributed by atoms with Crippen molar-refractivity contribution in [1.29, 1.82) is 0 Å². The molecule has 0 aliphatic heterocycles. The standard InChI is InChI=1S/C24H28N4O2/c1-24(2,3)19-10-8-17(9-11-19)14-23(30)27-26-15-18-16-28(13-12-22(25)29)21-7-5-4-6-20(18)21/h4-11,15-16H,12-14H2,1-3H3,(H2,25,29)(H,27,30). The number of carbonyl (C=O) groups excluding carboxylic acids is 2. The smallest absolute Gasteiger partial charge is 0.244 e. The molecule has 0 radical (unpaired) electrons. The van der Waals surface area contributed by atoms with Crippen LogP contribution in [-0.2, 0) is 28.0 Å². The number of carbonyl (C=O) groups is 2. The Bertz CT molecular complexity index is 1070. The summed E-state index contributed by atoms with van der Waals surface area (Å²) in [7, 11) is 0. The molecule has 3 rings (SSSR count). The van der Waals surface area contributed by atoms with Crippen LogP contribution in [0.5, 0.6) is 0 Å². The lowest BCUT2D eigenvalue weighted by Crippen LogP contribution is -2.20. The van der Waals surface area contributed by atoms with E-state index in [0.717, 1.165) is 22.0 Å². The Morgan fingerprint density at radius 2 is 1.80 bits per heavy atom. The van der Waals surface area contributed by atoms with Crippen LogP contribution >= 0.6 is 0 Å². The number of nitrogens with one attached hydrogen (secondary N) is 1. The van der Waals surface area contributed by atoms with E-state index in [2.05, 4.69) is 43.4 Å². The quantitative estimate of drug-likeness (QED) is 0.466. The van der Waals surface area contributed by atoms with E-state index in [0.29, 0.717) is 6.54 Å². The molecule has 0 saturated carbocycles. The number of nitrogens with zero attached hydrogens (tertiary/aromatic N) is 2. The molecule has 0 spiro atoms. The third-order valence-electron chi connectivity index (χ3n) is 5.00. The molecule has 3 aromatic rings. The van der Waals surface area contributed by atoms with E-state index in [1.54, 1.807) is 6.21 Å². The van der Waals surface area contributed by atoms with Crippen LogP contribution in [0.2, 0.25) is 0 Å². The summed E-state index contributed by atoms with van der Waals surface area (Å²) in [6.07, 6.45) is 4.07. The number of primary amides is 1. The van der Waals surface area contributed by atoms with Gasteiger partial charge in [0.15, 0.2) is 0 Å². The highest BCUT2D eigenvalue weighted by Crippen LogP contribution is 2.22. The molecule has 0 bridgehead atoms. The fourth-order valence-corrected chi connectivity index (χ4v) is 3.32. The molecule has 2 aromatic carbocycles. The Morgan fingerprint density at radius 1 is 1.10 bits per heavy atom. The van der Waals surface area contributed by atoms with Crippen molar-refractivity contribution in [1.82, 2.24) is 9.99 Å². The number of fused-ring (bicyclic) bond motifs is 1. The second-order valence-electron chi connectivity index (χ2n) is 8.43. The van der Waals surface area contributed by atoms with Gasteiger partial charge in [-0.05, 0) is 22.6 Å². The number of amides is 2. The van der Waals surface area contributed by atoms with Gasteiger partial charge in [-0.15, -0.1) is 0 Å². The molecule has 0 saturated heterocycles. The van der Waals surface area contributed by atoms with Gasteiger partial charge in [-0.1, -0.05) is 63.2 Å². The molecular weight excluding hydrogens is 376 g/mol. The normalized spacial score (nSPS) is 11.8. The van der Waals surface area contributed by atoms with Crippen LogP contribution in [0.15, 0.2) is 59.8 Å². The Morgan fingerprint density at radius 3 is 2.47 bits per heavy atom. The van der Waals surface area contributed by atoms with Crippen LogP contribution < -0.4 is 11.2 Å². The molecule has 30 heavy (non-hydrogen) atoms. The zero-order chi connectivity index (χ0) is 21.7. The Labute approximate surface area is 176 Å². The first-order chi connectivity index (χ1) is 14.2. The van der Waals surface area contributed by atoms with Crippen molar-refractivity contribution >= 4 is 28.9 Å². The van der Waals surface area contributed by atoms with Crippen molar-refractivity contribution in [2.24, 2.45) is 10.8 Å². The van der Waals surface area contributed by atoms with E-state index in [9.17, 15) is 9.59 Å². The molecule has 6 heteroatoms. The monoisotopic (exact) mass is 404 g/mol. The number of benzene rings is 2. The van der Waals surface area contributed by atoms with Crippen molar-refractivity contribution in [2.75, 3.05) is 0 Å². The van der Waals surface area contributed by atoms with Crippen molar-refractivity contribution < 1.29 is 9.59 Å². The van der Waals surface area contributed by atoms with Crippen molar-refractivity contribution in [2.45, 2.75) is 45.6 Å². The number of aromatic nitrogens is 1. The summed E-state index contributed by atoms with van der Waals surface area (Å²) in [5.74, 6) is -0.516. The number of nitrogens with two attached hydrogens (primary N) is 1. The highest BCUT2D eigenvalue weighted by Gasteiger charge is 2.13. The SMILES string of the molecule is CC(C)(C)c1ccc(CC(=O)NN=Cc2cn(CCC(N)=O)c3ccccc23)cc1. The highest BCUT2D eigenvalue weighted by atomic mass is 16.2. The Balaban J connectivity index is 1.65. The van der Waals surface area contributed by atoms with Gasteiger partial charge in [0.2, 0.25) is 11.8 Å². The maximum atomic E-state index is 12.2. The summed E-state index contributed by atoms with van der Waals surface area (Å²) in [5.41, 5.74) is 12.0. The second-order valence-corrected chi connectivity index (χ2v) is 8.43. The van der Waals surface area contributed by atoms with E-state index >= 15 is 0 Å². The number of para-hydroxylation sites is 1. The lowest BCUT2D eigenvalue weighted by atomic mass is 9.86. The third-order valence-corrected chi connectivity index (χ3v) is 5.00. The summed E-state index contributed by atoms with van der Waals surface area (Å²) in [5, 5.41) is 5.12. The van der Waals surface area contributed by atoms with Crippen LogP contribution in [-0.4, -0.2) is 22.6 Å². The average molecular weight is 405 g/mol. The Kier molecular flexibility index (Phi) is 6.35. The van der Waals surface area contributed by atoms with Gasteiger partial charge in [-0.3, -0.25) is 9.59 Å². The predicted octanol–water partition coefficient (Wildman–Crippen LogP) is 3.51. The number of aryl methyl sites for hydroxylation is 1.